The highest BCUT2D eigenvalue weighted by Crippen LogP contribution is 2.21. The van der Waals surface area contributed by atoms with Crippen LogP contribution in [-0.2, 0) is 9.53 Å². The zero-order chi connectivity index (χ0) is 18.1. The van der Waals surface area contributed by atoms with E-state index < -0.39 is 5.91 Å². The van der Waals surface area contributed by atoms with E-state index >= 15 is 0 Å². The summed E-state index contributed by atoms with van der Waals surface area (Å²) in [6.45, 7) is 1.09. The molecule has 0 heterocycles. The number of carbonyl (C=O) groups excluding carboxylic acids is 2. The van der Waals surface area contributed by atoms with Gasteiger partial charge in [0, 0.05) is 18.2 Å². The van der Waals surface area contributed by atoms with Gasteiger partial charge < -0.3 is 15.4 Å². The Hall–Kier alpha value is -1.30. The van der Waals surface area contributed by atoms with Gasteiger partial charge in [0.1, 0.15) is 0 Å². The second-order valence-electron chi connectivity index (χ2n) is 6.14. The largest absolute Gasteiger partial charge is 0.378 e. The van der Waals surface area contributed by atoms with Crippen LogP contribution < -0.4 is 10.6 Å². The Morgan fingerprint density at radius 3 is 2.60 bits per heavy atom. The van der Waals surface area contributed by atoms with Crippen LogP contribution in [0.25, 0.3) is 0 Å². The van der Waals surface area contributed by atoms with E-state index in [0.717, 1.165) is 19.3 Å². The van der Waals surface area contributed by atoms with Crippen LogP contribution in [0.15, 0.2) is 18.2 Å². The first-order chi connectivity index (χ1) is 12.1. The molecule has 1 aromatic carbocycles. The number of hydrogen-bond donors (Lipinski definition) is 2. The smallest absolute Gasteiger partial charge is 0.253 e. The first-order valence-electron chi connectivity index (χ1n) is 8.68. The first-order valence-corrected chi connectivity index (χ1v) is 9.43. The van der Waals surface area contributed by atoms with E-state index in [1.807, 2.05) is 0 Å². The molecule has 0 aliphatic heterocycles. The lowest BCUT2D eigenvalue weighted by atomic mass is 9.98. The van der Waals surface area contributed by atoms with Gasteiger partial charge in [-0.3, -0.25) is 9.59 Å². The van der Waals surface area contributed by atoms with E-state index in [-0.39, 0.29) is 17.5 Å². The summed E-state index contributed by atoms with van der Waals surface area (Å²) in [7, 11) is 0. The highest BCUT2D eigenvalue weighted by Gasteiger charge is 2.14. The number of nitrogens with one attached hydrogen (secondary N) is 2. The Labute approximate surface area is 158 Å². The van der Waals surface area contributed by atoms with Gasteiger partial charge in [0.05, 0.1) is 23.2 Å². The van der Waals surface area contributed by atoms with Gasteiger partial charge in [-0.1, -0.05) is 42.5 Å². The molecule has 0 unspecified atom stereocenters. The third kappa shape index (κ3) is 7.22. The van der Waals surface area contributed by atoms with Gasteiger partial charge in [0.25, 0.3) is 5.91 Å². The van der Waals surface area contributed by atoms with Crippen LogP contribution in [0.4, 0.5) is 0 Å². The van der Waals surface area contributed by atoms with Gasteiger partial charge in [-0.05, 0) is 37.5 Å². The molecule has 5 nitrogen and oxygen atoms in total. The van der Waals surface area contributed by atoms with Crippen LogP contribution in [-0.4, -0.2) is 37.6 Å². The van der Waals surface area contributed by atoms with Gasteiger partial charge in [-0.15, -0.1) is 0 Å². The topological polar surface area (TPSA) is 67.4 Å². The van der Waals surface area contributed by atoms with E-state index in [9.17, 15) is 9.59 Å². The third-order valence-electron chi connectivity index (χ3n) is 4.13. The average molecular weight is 387 g/mol. The summed E-state index contributed by atoms with van der Waals surface area (Å²) in [6, 6.07) is 4.60. The van der Waals surface area contributed by atoms with Crippen molar-refractivity contribution in [3.8, 4) is 0 Å². The van der Waals surface area contributed by atoms with Crippen molar-refractivity contribution < 1.29 is 14.3 Å². The minimum atomic E-state index is -0.405. The quantitative estimate of drug-likeness (QED) is 0.670. The van der Waals surface area contributed by atoms with Crippen molar-refractivity contribution in [2.24, 2.45) is 0 Å². The van der Waals surface area contributed by atoms with Crippen LogP contribution in [0.2, 0.25) is 10.0 Å². The number of ether oxygens (including phenoxy) is 1. The zero-order valence-electron chi connectivity index (χ0n) is 14.2. The van der Waals surface area contributed by atoms with Crippen molar-refractivity contribution >= 4 is 35.0 Å². The van der Waals surface area contributed by atoms with Gasteiger partial charge >= 0.3 is 0 Å². The molecule has 0 atom stereocenters. The van der Waals surface area contributed by atoms with Crippen LogP contribution in [0.5, 0.6) is 0 Å². The number of benzene rings is 1. The van der Waals surface area contributed by atoms with Crippen molar-refractivity contribution in [1.82, 2.24) is 10.6 Å². The number of hydrogen-bond acceptors (Lipinski definition) is 3. The molecular weight excluding hydrogens is 363 g/mol. The van der Waals surface area contributed by atoms with Crippen LogP contribution in [0.3, 0.4) is 0 Å². The molecule has 7 heteroatoms. The molecule has 0 spiro atoms. The third-order valence-corrected chi connectivity index (χ3v) is 4.68. The predicted octanol–water partition coefficient (Wildman–Crippen LogP) is 3.58. The summed E-state index contributed by atoms with van der Waals surface area (Å²) in [6.07, 6.45) is 7.24. The molecule has 1 aliphatic carbocycles. The van der Waals surface area contributed by atoms with Crippen molar-refractivity contribution in [3.63, 3.8) is 0 Å². The standard InChI is InChI=1S/C18H24Cl2N2O3/c19-13-7-8-15(16(20)11-13)18(24)22-12-17(23)21-9-4-10-25-14-5-2-1-3-6-14/h7-8,11,14H,1-6,9-10,12H2,(H,21,23)(H,22,24). The van der Waals surface area contributed by atoms with Gasteiger partial charge in [0.2, 0.25) is 5.91 Å². The maximum Gasteiger partial charge on any atom is 0.253 e. The number of carbonyl (C=O) groups is 2. The van der Waals surface area contributed by atoms with E-state index in [0.29, 0.717) is 29.8 Å². The van der Waals surface area contributed by atoms with Crippen molar-refractivity contribution in [1.29, 1.82) is 0 Å². The highest BCUT2D eigenvalue weighted by molar-refractivity contribution is 6.36. The van der Waals surface area contributed by atoms with E-state index in [4.69, 9.17) is 27.9 Å². The van der Waals surface area contributed by atoms with Crippen LogP contribution in [0, 0.1) is 0 Å². The maximum absolute atomic E-state index is 12.0. The molecule has 0 saturated heterocycles. The van der Waals surface area contributed by atoms with Crippen LogP contribution >= 0.6 is 23.2 Å². The molecule has 0 aromatic heterocycles. The number of amides is 2. The minimum absolute atomic E-state index is 0.0960. The van der Waals surface area contributed by atoms with Gasteiger partial charge in [-0.2, -0.15) is 0 Å². The molecule has 0 bridgehead atoms. The van der Waals surface area contributed by atoms with E-state index in [1.165, 1.54) is 31.4 Å². The number of rotatable bonds is 8. The lowest BCUT2D eigenvalue weighted by molar-refractivity contribution is -0.120. The molecule has 2 N–H and O–H groups in total. The van der Waals surface area contributed by atoms with E-state index in [2.05, 4.69) is 10.6 Å². The second-order valence-corrected chi connectivity index (χ2v) is 6.98. The fourth-order valence-corrected chi connectivity index (χ4v) is 3.27. The molecule has 2 rings (SSSR count). The predicted molar refractivity (Wildman–Crippen MR) is 99.2 cm³/mol. The summed E-state index contributed by atoms with van der Waals surface area (Å²) in [4.78, 5) is 23.8. The molecule has 138 valence electrons. The highest BCUT2D eigenvalue weighted by atomic mass is 35.5. The van der Waals surface area contributed by atoms with Gasteiger partial charge in [-0.25, -0.2) is 0 Å². The summed E-state index contributed by atoms with van der Waals surface area (Å²) >= 11 is 11.8. The minimum Gasteiger partial charge on any atom is -0.378 e. The van der Waals surface area contributed by atoms with Gasteiger partial charge in [0.15, 0.2) is 0 Å². The fraction of sp³-hybridized carbons (Fsp3) is 0.556. The van der Waals surface area contributed by atoms with Crippen LogP contribution in [0.1, 0.15) is 48.9 Å². The lowest BCUT2D eigenvalue weighted by Gasteiger charge is -2.21. The maximum atomic E-state index is 12.0. The zero-order valence-corrected chi connectivity index (χ0v) is 15.7. The summed E-state index contributed by atoms with van der Waals surface area (Å²) in [5.74, 6) is -0.645. The Morgan fingerprint density at radius 2 is 1.88 bits per heavy atom. The lowest BCUT2D eigenvalue weighted by Crippen LogP contribution is -2.37. The molecule has 2 amide bonds. The Bertz CT molecular complexity index is 590. The Morgan fingerprint density at radius 1 is 1.12 bits per heavy atom. The first kappa shape index (κ1) is 20.0. The van der Waals surface area contributed by atoms with Crippen molar-refractivity contribution in [3.05, 3.63) is 33.8 Å². The molecule has 1 fully saturated rings. The van der Waals surface area contributed by atoms with Crippen molar-refractivity contribution in [2.75, 3.05) is 19.7 Å². The molecule has 0 radical (unpaired) electrons. The average Bonchev–Trinajstić information content (AvgIpc) is 2.60. The SMILES string of the molecule is O=C(CNC(=O)c1ccc(Cl)cc1Cl)NCCCOC1CCCCC1. The molecule has 1 saturated carbocycles. The molecular formula is C18H24Cl2N2O3. The van der Waals surface area contributed by atoms with Crippen molar-refractivity contribution in [2.45, 2.75) is 44.6 Å². The monoisotopic (exact) mass is 386 g/mol. The summed E-state index contributed by atoms with van der Waals surface area (Å²) in [5, 5.41) is 6.01. The van der Waals surface area contributed by atoms with E-state index in [1.54, 1.807) is 6.07 Å². The molecule has 1 aliphatic rings. The normalized spacial score (nSPS) is 15.0. The second kappa shape index (κ2) is 10.6. The Kier molecular flexibility index (Phi) is 8.52. The number of halogens is 2. The Balaban J connectivity index is 1.58. The fourth-order valence-electron chi connectivity index (χ4n) is 2.77. The molecule has 25 heavy (non-hydrogen) atoms. The summed E-state index contributed by atoms with van der Waals surface area (Å²) < 4.78 is 5.80. The molecule has 1 aromatic rings. The summed E-state index contributed by atoms with van der Waals surface area (Å²) in [5.41, 5.74) is 0.291.